The number of fused-ring (bicyclic) bond motifs is 1. The van der Waals surface area contributed by atoms with Crippen molar-refractivity contribution >= 4 is 28.6 Å². The van der Waals surface area contributed by atoms with Gasteiger partial charge in [-0.2, -0.15) is 0 Å². The molecule has 7 heteroatoms. The zero-order chi connectivity index (χ0) is 24.7. The Morgan fingerprint density at radius 2 is 1.97 bits per heavy atom. The molecule has 1 aromatic heterocycles. The van der Waals surface area contributed by atoms with Gasteiger partial charge in [0, 0.05) is 28.0 Å². The molecule has 6 nitrogen and oxygen atoms in total. The molecule has 1 fully saturated rings. The molecule has 1 aliphatic rings. The Kier molecular flexibility index (Phi) is 9.65. The number of hydrogen-bond donors (Lipinski definition) is 2. The SMILES string of the molecule is C=C.COc1ccc2c(O[C@@H]3CC[C@H](C(=O)O)C3)cc(C(C)S/C=C(\N)C(C)C)nc2c1C. The second-order valence-electron chi connectivity index (χ2n) is 8.47. The van der Waals surface area contributed by atoms with E-state index in [0.29, 0.717) is 18.8 Å². The molecule has 1 aliphatic carbocycles. The third-order valence-electron chi connectivity index (χ3n) is 5.91. The number of carboxylic acids is 1. The quantitative estimate of drug-likeness (QED) is 0.439. The highest BCUT2D eigenvalue weighted by molar-refractivity contribution is 8.02. The van der Waals surface area contributed by atoms with E-state index in [-0.39, 0.29) is 17.3 Å². The third-order valence-corrected chi connectivity index (χ3v) is 6.96. The number of nitrogens with two attached hydrogens (primary N) is 1. The molecular formula is C26H36N2O4S. The van der Waals surface area contributed by atoms with Crippen molar-refractivity contribution in [3.63, 3.8) is 0 Å². The van der Waals surface area contributed by atoms with Crippen molar-refractivity contribution in [3.05, 3.63) is 53.7 Å². The fourth-order valence-corrected chi connectivity index (χ4v) is 4.66. The number of rotatable bonds is 8. The zero-order valence-electron chi connectivity index (χ0n) is 20.3. The molecule has 0 spiro atoms. The number of carboxylic acid groups (broad SMARTS) is 1. The Hall–Kier alpha value is -2.67. The highest BCUT2D eigenvalue weighted by atomic mass is 32.2. The molecule has 3 N–H and O–H groups in total. The van der Waals surface area contributed by atoms with E-state index in [2.05, 4.69) is 33.9 Å². The van der Waals surface area contributed by atoms with E-state index in [9.17, 15) is 9.90 Å². The number of benzene rings is 1. The van der Waals surface area contributed by atoms with Crippen molar-refractivity contribution < 1.29 is 19.4 Å². The summed E-state index contributed by atoms with van der Waals surface area (Å²) in [7, 11) is 1.65. The van der Waals surface area contributed by atoms with Gasteiger partial charge < -0.3 is 20.3 Å². The number of thioether (sulfide) groups is 1. The lowest BCUT2D eigenvalue weighted by Crippen LogP contribution is -2.16. The van der Waals surface area contributed by atoms with Gasteiger partial charge in [0.15, 0.2) is 0 Å². The Balaban J connectivity index is 0.00000187. The first-order chi connectivity index (χ1) is 15.7. The molecule has 33 heavy (non-hydrogen) atoms. The average molecular weight is 473 g/mol. The maximum atomic E-state index is 11.3. The number of pyridine rings is 1. The summed E-state index contributed by atoms with van der Waals surface area (Å²) < 4.78 is 11.9. The Morgan fingerprint density at radius 1 is 1.27 bits per heavy atom. The largest absolute Gasteiger partial charge is 0.496 e. The maximum Gasteiger partial charge on any atom is 0.306 e. The molecule has 0 bridgehead atoms. The van der Waals surface area contributed by atoms with Crippen molar-refractivity contribution in [3.8, 4) is 11.5 Å². The number of aromatic nitrogens is 1. The van der Waals surface area contributed by atoms with E-state index in [1.807, 2.05) is 30.5 Å². The van der Waals surface area contributed by atoms with Crippen molar-refractivity contribution in [1.82, 2.24) is 4.98 Å². The van der Waals surface area contributed by atoms with Gasteiger partial charge in [-0.15, -0.1) is 24.9 Å². The molecule has 1 aromatic carbocycles. The van der Waals surface area contributed by atoms with Crippen LogP contribution in [0.3, 0.4) is 0 Å². The number of allylic oxidation sites excluding steroid dienone is 1. The van der Waals surface area contributed by atoms with Crippen LogP contribution in [0.15, 0.2) is 42.5 Å². The van der Waals surface area contributed by atoms with Gasteiger partial charge in [0.05, 0.1) is 30.3 Å². The van der Waals surface area contributed by atoms with E-state index in [0.717, 1.165) is 45.8 Å². The minimum absolute atomic E-state index is 0.0741. The normalized spacial score (nSPS) is 19.2. The summed E-state index contributed by atoms with van der Waals surface area (Å²) in [5.41, 5.74) is 9.64. The predicted molar refractivity (Wildman–Crippen MR) is 137 cm³/mol. The van der Waals surface area contributed by atoms with Crippen molar-refractivity contribution in [1.29, 1.82) is 0 Å². The van der Waals surface area contributed by atoms with Crippen LogP contribution in [0.4, 0.5) is 0 Å². The molecule has 180 valence electrons. The minimum Gasteiger partial charge on any atom is -0.496 e. The first-order valence-electron chi connectivity index (χ1n) is 11.2. The van der Waals surface area contributed by atoms with Crippen LogP contribution in [-0.4, -0.2) is 29.3 Å². The van der Waals surface area contributed by atoms with Gasteiger partial charge >= 0.3 is 5.97 Å². The number of methoxy groups -OCH3 is 1. The summed E-state index contributed by atoms with van der Waals surface area (Å²) in [4.78, 5) is 16.3. The van der Waals surface area contributed by atoms with Crippen molar-refractivity contribution in [2.75, 3.05) is 7.11 Å². The van der Waals surface area contributed by atoms with Gasteiger partial charge in [0.25, 0.3) is 0 Å². The molecule has 0 radical (unpaired) electrons. The fourth-order valence-electron chi connectivity index (χ4n) is 3.76. The topological polar surface area (TPSA) is 94.7 Å². The van der Waals surface area contributed by atoms with Gasteiger partial charge in [0.1, 0.15) is 11.5 Å². The molecule has 1 unspecified atom stereocenters. The van der Waals surface area contributed by atoms with Gasteiger partial charge in [-0.1, -0.05) is 13.8 Å². The van der Waals surface area contributed by atoms with Crippen LogP contribution in [-0.2, 0) is 4.79 Å². The van der Waals surface area contributed by atoms with Crippen LogP contribution in [0, 0.1) is 18.8 Å². The van der Waals surface area contributed by atoms with Crippen molar-refractivity contribution in [2.45, 2.75) is 58.3 Å². The Bertz CT molecular complexity index is 1010. The second kappa shape index (κ2) is 12.0. The number of nitrogens with zero attached hydrogens (tertiary/aromatic N) is 1. The fraction of sp³-hybridized carbons (Fsp3) is 0.462. The second-order valence-corrected chi connectivity index (χ2v) is 9.69. The molecule has 1 saturated carbocycles. The molecule has 0 amide bonds. The lowest BCUT2D eigenvalue weighted by atomic mass is 10.1. The summed E-state index contributed by atoms with van der Waals surface area (Å²) in [5, 5.41) is 12.3. The minimum atomic E-state index is -0.744. The van der Waals surface area contributed by atoms with Crippen molar-refractivity contribution in [2.24, 2.45) is 17.6 Å². The monoisotopic (exact) mass is 472 g/mol. The summed E-state index contributed by atoms with van der Waals surface area (Å²) in [6.45, 7) is 14.2. The van der Waals surface area contributed by atoms with Crippen LogP contribution in [0.25, 0.3) is 10.9 Å². The van der Waals surface area contributed by atoms with Crippen LogP contribution < -0.4 is 15.2 Å². The number of aryl methyl sites for hydroxylation is 1. The number of carbonyl (C=O) groups is 1. The molecule has 0 aliphatic heterocycles. The first kappa shape index (κ1) is 26.6. The van der Waals surface area contributed by atoms with Gasteiger partial charge in [0.2, 0.25) is 0 Å². The smallest absolute Gasteiger partial charge is 0.306 e. The summed E-state index contributed by atoms with van der Waals surface area (Å²) >= 11 is 1.63. The first-order valence-corrected chi connectivity index (χ1v) is 12.1. The molecule has 2 aromatic rings. The van der Waals surface area contributed by atoms with E-state index < -0.39 is 5.97 Å². The maximum absolute atomic E-state index is 11.3. The van der Waals surface area contributed by atoms with E-state index in [1.54, 1.807) is 18.9 Å². The third kappa shape index (κ3) is 6.44. The Labute approximate surface area is 201 Å². The lowest BCUT2D eigenvalue weighted by Gasteiger charge is -2.19. The highest BCUT2D eigenvalue weighted by Crippen LogP contribution is 2.39. The van der Waals surface area contributed by atoms with E-state index in [1.165, 1.54) is 0 Å². The number of aliphatic carboxylic acids is 1. The van der Waals surface area contributed by atoms with Gasteiger partial charge in [-0.3, -0.25) is 9.78 Å². The zero-order valence-corrected chi connectivity index (χ0v) is 21.1. The molecular weight excluding hydrogens is 436 g/mol. The molecule has 1 heterocycles. The van der Waals surface area contributed by atoms with Crippen LogP contribution in [0.5, 0.6) is 11.5 Å². The van der Waals surface area contributed by atoms with E-state index in [4.69, 9.17) is 20.2 Å². The van der Waals surface area contributed by atoms with Gasteiger partial charge in [-0.05, 0) is 56.6 Å². The van der Waals surface area contributed by atoms with Gasteiger partial charge in [-0.25, -0.2) is 0 Å². The van der Waals surface area contributed by atoms with Crippen LogP contribution in [0.2, 0.25) is 0 Å². The Morgan fingerprint density at radius 3 is 2.55 bits per heavy atom. The summed E-state index contributed by atoms with van der Waals surface area (Å²) in [5.74, 6) is 0.734. The molecule has 3 atom stereocenters. The summed E-state index contributed by atoms with van der Waals surface area (Å²) in [6.07, 6.45) is 1.81. The molecule has 3 rings (SSSR count). The highest BCUT2D eigenvalue weighted by Gasteiger charge is 2.31. The van der Waals surface area contributed by atoms with Crippen LogP contribution in [0.1, 0.15) is 56.5 Å². The lowest BCUT2D eigenvalue weighted by molar-refractivity contribution is -0.141. The van der Waals surface area contributed by atoms with E-state index >= 15 is 0 Å². The number of ether oxygens (including phenoxy) is 2. The predicted octanol–water partition coefficient (Wildman–Crippen LogP) is 6.24. The standard InChI is InChI=1S/C24H32N2O4S.C2H4/c1-13(2)19(25)12-31-15(4)20-11-22(30-17-7-6-16(10-17)24(27)28)18-8-9-21(29-5)14(3)23(18)26-20;1-2/h8-9,11-13,15-17H,6-7,10,25H2,1-5H3,(H,27,28);1-2H2/b19-12-;/t15?,16-,17+;/m0./s1. The molecule has 0 saturated heterocycles. The van der Waals surface area contributed by atoms with Crippen LogP contribution >= 0.6 is 11.8 Å². The summed E-state index contributed by atoms with van der Waals surface area (Å²) in [6, 6.07) is 5.87. The average Bonchev–Trinajstić information content (AvgIpc) is 3.28. The number of hydrogen-bond acceptors (Lipinski definition) is 6.